The molecule has 0 amide bonds. The summed E-state index contributed by atoms with van der Waals surface area (Å²) in [6.45, 7) is 5.01. The highest BCUT2D eigenvalue weighted by atomic mass is 33.1. The molecule has 3 aliphatic carbocycles. The molecule has 5 nitrogen and oxygen atoms in total. The number of hydrogen-bond donors (Lipinski definition) is 3. The van der Waals surface area contributed by atoms with Crippen LogP contribution in [0, 0.1) is 28.6 Å². The van der Waals surface area contributed by atoms with Gasteiger partial charge < -0.3 is 16.6 Å². The molecule has 29 heavy (non-hydrogen) atoms. The quantitative estimate of drug-likeness (QED) is 0.347. The lowest BCUT2D eigenvalue weighted by Crippen LogP contribution is -2.51. The van der Waals surface area contributed by atoms with Crippen molar-refractivity contribution in [2.24, 2.45) is 45.0 Å². The van der Waals surface area contributed by atoms with E-state index in [1.54, 1.807) is 0 Å². The second kappa shape index (κ2) is 8.12. The molecule has 0 aromatic carbocycles. The summed E-state index contributed by atoms with van der Waals surface area (Å²) in [5.74, 6) is 3.81. The Morgan fingerprint density at radius 2 is 2.14 bits per heavy atom. The first-order chi connectivity index (χ1) is 13.8. The third kappa shape index (κ3) is 3.35. The normalized spacial score (nSPS) is 42.8. The van der Waals surface area contributed by atoms with E-state index in [1.807, 2.05) is 21.6 Å². The van der Waals surface area contributed by atoms with Crippen LogP contribution in [0.2, 0.25) is 0 Å². The molecule has 4 rings (SSSR count). The maximum atomic E-state index is 13.3. The second-order valence-corrected chi connectivity index (χ2v) is 12.4. The van der Waals surface area contributed by atoms with Gasteiger partial charge in [-0.3, -0.25) is 4.79 Å². The number of aliphatic hydroxyl groups excluding tert-OH is 1. The van der Waals surface area contributed by atoms with E-state index in [0.717, 1.165) is 55.6 Å². The Kier molecular flexibility index (Phi) is 6.04. The largest absolute Gasteiger partial charge is 0.396 e. The minimum atomic E-state index is -0.0335. The van der Waals surface area contributed by atoms with E-state index in [-0.39, 0.29) is 29.4 Å². The van der Waals surface area contributed by atoms with Gasteiger partial charge in [0.1, 0.15) is 0 Å². The van der Waals surface area contributed by atoms with Crippen molar-refractivity contribution in [1.82, 2.24) is 0 Å². The Labute approximate surface area is 182 Å². The van der Waals surface area contributed by atoms with E-state index in [9.17, 15) is 9.90 Å². The summed E-state index contributed by atoms with van der Waals surface area (Å²) >= 11 is 0. The molecule has 1 heterocycles. The summed E-state index contributed by atoms with van der Waals surface area (Å²) in [4.78, 5) is 17.7. The van der Waals surface area contributed by atoms with Crippen LogP contribution < -0.4 is 11.5 Å². The average molecular weight is 438 g/mol. The van der Waals surface area contributed by atoms with Crippen molar-refractivity contribution in [2.45, 2.75) is 64.8 Å². The molecule has 2 fully saturated rings. The van der Waals surface area contributed by atoms with E-state index in [2.05, 4.69) is 18.8 Å². The van der Waals surface area contributed by atoms with Gasteiger partial charge >= 0.3 is 0 Å². The number of guanidine groups is 1. The SMILES string of the molecule is C[C@@H]1[C@@H](CO)C[C@@H]2CC3=C4CCC[C@H](N=C(N)N)CSSCC[C@]2(C)[C@]31CC4=O. The summed E-state index contributed by atoms with van der Waals surface area (Å²) in [6.07, 6.45) is 6.68. The molecule has 4 aliphatic rings. The highest BCUT2D eigenvalue weighted by Gasteiger charge is 2.68. The predicted molar refractivity (Wildman–Crippen MR) is 123 cm³/mol. The molecule has 0 aromatic heterocycles. The number of ketones is 1. The lowest BCUT2D eigenvalue weighted by atomic mass is 9.48. The predicted octanol–water partition coefficient (Wildman–Crippen LogP) is 3.51. The molecule has 5 N–H and O–H groups in total. The molecule has 6 atom stereocenters. The minimum Gasteiger partial charge on any atom is -0.396 e. The molecule has 7 heteroatoms. The Bertz CT molecular complexity index is 736. The summed E-state index contributed by atoms with van der Waals surface area (Å²) in [5.41, 5.74) is 14.0. The maximum Gasteiger partial charge on any atom is 0.186 e. The van der Waals surface area contributed by atoms with E-state index >= 15 is 0 Å². The van der Waals surface area contributed by atoms with Gasteiger partial charge in [0, 0.05) is 29.9 Å². The van der Waals surface area contributed by atoms with Gasteiger partial charge in [-0.15, -0.1) is 0 Å². The summed E-state index contributed by atoms with van der Waals surface area (Å²) in [7, 11) is 3.81. The Hall–Kier alpha value is -0.660. The van der Waals surface area contributed by atoms with Crippen LogP contribution in [0.4, 0.5) is 0 Å². The molecule has 0 aromatic rings. The highest BCUT2D eigenvalue weighted by molar-refractivity contribution is 8.76. The zero-order chi connectivity index (χ0) is 20.8. The minimum absolute atomic E-state index is 0.0335. The fraction of sp³-hybridized carbons (Fsp3) is 0.818. The van der Waals surface area contributed by atoms with Gasteiger partial charge in [0.2, 0.25) is 0 Å². The number of hydrogen-bond acceptors (Lipinski definition) is 5. The molecule has 1 spiro atoms. The fourth-order valence-electron chi connectivity index (χ4n) is 7.16. The van der Waals surface area contributed by atoms with E-state index in [0.29, 0.717) is 30.0 Å². The molecule has 5 bridgehead atoms. The standard InChI is InChI=1S/C22H35N3O2S2/c1-13-14(11-26)8-15-9-18-17-5-3-4-16(25-20(23)24)12-29-28-7-6-21(15,2)22(13,18)10-19(17)27/h13-16,26H,3-12H2,1-2H3,(H4,23,24,25)/t13-,14-,15-,16+,21+,22+/m1/s1. The molecule has 0 unspecified atom stereocenters. The van der Waals surface area contributed by atoms with E-state index in [1.165, 1.54) is 5.57 Å². The lowest BCUT2D eigenvalue weighted by Gasteiger charge is -2.55. The van der Waals surface area contributed by atoms with Crippen LogP contribution in [-0.4, -0.2) is 41.0 Å². The molecule has 0 saturated heterocycles. The van der Waals surface area contributed by atoms with Crippen molar-refractivity contribution in [2.75, 3.05) is 18.1 Å². The molecule has 2 saturated carbocycles. The third-order valence-corrected chi connectivity index (χ3v) is 11.2. The Morgan fingerprint density at radius 3 is 2.86 bits per heavy atom. The number of aliphatic imine (C=N–C) groups is 1. The molecule has 0 radical (unpaired) electrons. The monoisotopic (exact) mass is 437 g/mol. The third-order valence-electron chi connectivity index (χ3n) is 8.70. The summed E-state index contributed by atoms with van der Waals surface area (Å²) in [6, 6.07) is 0.124. The van der Waals surface area contributed by atoms with Gasteiger partial charge in [-0.05, 0) is 67.3 Å². The van der Waals surface area contributed by atoms with Gasteiger partial charge in [0.25, 0.3) is 0 Å². The van der Waals surface area contributed by atoms with Gasteiger partial charge in [0.15, 0.2) is 11.7 Å². The van der Waals surface area contributed by atoms with Crippen LogP contribution in [0.25, 0.3) is 0 Å². The number of aliphatic hydroxyl groups is 1. The van der Waals surface area contributed by atoms with Crippen molar-refractivity contribution in [3.05, 3.63) is 11.1 Å². The van der Waals surface area contributed by atoms with Crippen LogP contribution in [0.15, 0.2) is 16.1 Å². The molecule has 162 valence electrons. The number of carbonyl (C=O) groups excluding carboxylic acids is 1. The first-order valence-corrected chi connectivity index (χ1v) is 13.5. The topological polar surface area (TPSA) is 102 Å². The van der Waals surface area contributed by atoms with Crippen molar-refractivity contribution >= 4 is 33.3 Å². The number of Topliss-reactive ketones (excluding diaryl/α,β-unsaturated/α-hetero) is 1. The molecule has 1 aliphatic heterocycles. The number of allylic oxidation sites excluding steroid dienone is 2. The van der Waals surface area contributed by atoms with Crippen LogP contribution in [0.1, 0.15) is 58.8 Å². The van der Waals surface area contributed by atoms with Gasteiger partial charge in [-0.25, -0.2) is 4.99 Å². The van der Waals surface area contributed by atoms with Crippen LogP contribution >= 0.6 is 21.6 Å². The molecular formula is C22H35N3O2S2. The Morgan fingerprint density at radius 1 is 1.34 bits per heavy atom. The number of nitrogens with zero attached hydrogens (tertiary/aromatic N) is 1. The number of rotatable bonds is 2. The lowest BCUT2D eigenvalue weighted by molar-refractivity contribution is -0.123. The van der Waals surface area contributed by atoms with E-state index in [4.69, 9.17) is 11.5 Å². The second-order valence-electron chi connectivity index (χ2n) is 9.77. The maximum absolute atomic E-state index is 13.3. The average Bonchev–Trinajstić information content (AvgIpc) is 3.02. The fourth-order valence-corrected chi connectivity index (χ4v) is 9.65. The van der Waals surface area contributed by atoms with Crippen LogP contribution in [0.5, 0.6) is 0 Å². The van der Waals surface area contributed by atoms with Crippen LogP contribution in [0.3, 0.4) is 0 Å². The number of carbonyl (C=O) groups is 1. The first kappa shape index (κ1) is 21.6. The van der Waals surface area contributed by atoms with Crippen LogP contribution in [-0.2, 0) is 4.79 Å². The van der Waals surface area contributed by atoms with Gasteiger partial charge in [-0.1, -0.05) is 41.0 Å². The van der Waals surface area contributed by atoms with Crippen molar-refractivity contribution < 1.29 is 9.90 Å². The van der Waals surface area contributed by atoms with Crippen molar-refractivity contribution in [1.29, 1.82) is 0 Å². The summed E-state index contributed by atoms with van der Waals surface area (Å²) < 4.78 is 0. The van der Waals surface area contributed by atoms with E-state index < -0.39 is 0 Å². The van der Waals surface area contributed by atoms with Crippen molar-refractivity contribution in [3.8, 4) is 0 Å². The van der Waals surface area contributed by atoms with Crippen molar-refractivity contribution in [3.63, 3.8) is 0 Å². The first-order valence-electron chi connectivity index (χ1n) is 11.0. The zero-order valence-corrected chi connectivity index (χ0v) is 19.3. The van der Waals surface area contributed by atoms with Gasteiger partial charge in [0.05, 0.1) is 6.04 Å². The molecular weight excluding hydrogens is 402 g/mol. The summed E-state index contributed by atoms with van der Waals surface area (Å²) in [5, 5.41) is 10.1. The number of nitrogens with two attached hydrogens (primary N) is 2. The Balaban J connectivity index is 1.71. The van der Waals surface area contributed by atoms with Gasteiger partial charge in [-0.2, -0.15) is 0 Å². The smallest absolute Gasteiger partial charge is 0.186 e. The zero-order valence-electron chi connectivity index (χ0n) is 17.7. The highest BCUT2D eigenvalue weighted by Crippen LogP contribution is 2.74.